The Morgan fingerprint density at radius 2 is 1.85 bits per heavy atom. The van der Waals surface area contributed by atoms with E-state index in [0.717, 1.165) is 43.1 Å². The van der Waals surface area contributed by atoms with Crippen LogP contribution in [0.1, 0.15) is 21.5 Å². The third-order valence-corrected chi connectivity index (χ3v) is 4.95. The monoisotopic (exact) mass is 364 g/mol. The van der Waals surface area contributed by atoms with Crippen molar-refractivity contribution in [1.29, 1.82) is 0 Å². The van der Waals surface area contributed by atoms with Crippen LogP contribution in [0.15, 0.2) is 55.3 Å². The lowest BCUT2D eigenvalue weighted by Gasteiger charge is -2.33. The van der Waals surface area contributed by atoms with Crippen LogP contribution in [0.2, 0.25) is 0 Å². The quantitative estimate of drug-likeness (QED) is 0.739. The summed E-state index contributed by atoms with van der Waals surface area (Å²) in [6.45, 7) is 10.9. The summed E-state index contributed by atoms with van der Waals surface area (Å²) >= 11 is 0. The normalized spacial score (nSPS) is 14.8. The fraction of sp³-hybridized carbons (Fsp3) is 0.364. The molecular weight excluding hydrogens is 336 g/mol. The summed E-state index contributed by atoms with van der Waals surface area (Å²) in [6, 6.07) is 11.8. The van der Waals surface area contributed by atoms with Gasteiger partial charge in [0.25, 0.3) is 5.91 Å². The molecule has 0 unspecified atom stereocenters. The van der Waals surface area contributed by atoms with Gasteiger partial charge in [0.05, 0.1) is 0 Å². The van der Waals surface area contributed by atoms with E-state index >= 15 is 0 Å². The van der Waals surface area contributed by atoms with Crippen molar-refractivity contribution in [1.82, 2.24) is 14.8 Å². The molecular formula is C22H28N4O. The number of hydrogen-bond acceptors (Lipinski definition) is 4. The third-order valence-electron chi connectivity index (χ3n) is 4.95. The number of amides is 1. The third kappa shape index (κ3) is 4.95. The van der Waals surface area contributed by atoms with Crippen molar-refractivity contribution in [3.8, 4) is 0 Å². The summed E-state index contributed by atoms with van der Waals surface area (Å²) in [6.07, 6.45) is 3.64. The number of benzene rings is 1. The van der Waals surface area contributed by atoms with Crippen molar-refractivity contribution < 1.29 is 4.79 Å². The number of aromatic nitrogens is 1. The number of pyridine rings is 1. The molecule has 5 nitrogen and oxygen atoms in total. The van der Waals surface area contributed by atoms with Crippen LogP contribution >= 0.6 is 0 Å². The maximum atomic E-state index is 12.8. The molecule has 2 heterocycles. The lowest BCUT2D eigenvalue weighted by Crippen LogP contribution is -2.44. The van der Waals surface area contributed by atoms with Gasteiger partial charge in [-0.15, -0.1) is 6.58 Å². The Balaban J connectivity index is 1.68. The zero-order valence-corrected chi connectivity index (χ0v) is 16.3. The van der Waals surface area contributed by atoms with E-state index in [9.17, 15) is 4.79 Å². The van der Waals surface area contributed by atoms with Crippen LogP contribution in [0.3, 0.4) is 0 Å². The molecule has 2 aromatic rings. The standard InChI is InChI=1S/C22H28N4O/c1-4-11-26(22(27)20-8-5-18(2)6-9-20)17-19-7-10-21(23-16-19)25-14-12-24(3)13-15-25/h4-10,16H,1,11-15,17H2,2-3H3. The first kappa shape index (κ1) is 19.1. The van der Waals surface area contributed by atoms with E-state index in [1.54, 1.807) is 11.0 Å². The summed E-state index contributed by atoms with van der Waals surface area (Å²) in [5, 5.41) is 0. The number of rotatable bonds is 6. The van der Waals surface area contributed by atoms with E-state index in [2.05, 4.69) is 40.5 Å². The van der Waals surface area contributed by atoms with Crippen molar-refractivity contribution in [2.24, 2.45) is 0 Å². The number of piperazine rings is 1. The molecule has 3 rings (SSSR count). The number of carbonyl (C=O) groups excluding carboxylic acids is 1. The van der Waals surface area contributed by atoms with E-state index in [1.807, 2.05) is 37.4 Å². The van der Waals surface area contributed by atoms with Gasteiger partial charge < -0.3 is 14.7 Å². The van der Waals surface area contributed by atoms with Gasteiger partial charge in [-0.05, 0) is 37.7 Å². The first-order chi connectivity index (χ1) is 13.1. The number of nitrogens with zero attached hydrogens (tertiary/aromatic N) is 4. The summed E-state index contributed by atoms with van der Waals surface area (Å²) < 4.78 is 0. The van der Waals surface area contributed by atoms with Crippen LogP contribution in [0.25, 0.3) is 0 Å². The van der Waals surface area contributed by atoms with Gasteiger partial charge in [0.15, 0.2) is 0 Å². The van der Waals surface area contributed by atoms with Crippen molar-refractivity contribution >= 4 is 11.7 Å². The highest BCUT2D eigenvalue weighted by Gasteiger charge is 2.17. The van der Waals surface area contributed by atoms with Gasteiger partial charge in [-0.2, -0.15) is 0 Å². The summed E-state index contributed by atoms with van der Waals surface area (Å²) in [5.41, 5.74) is 2.87. The summed E-state index contributed by atoms with van der Waals surface area (Å²) in [5.74, 6) is 1.02. The maximum absolute atomic E-state index is 12.8. The Morgan fingerprint density at radius 1 is 1.15 bits per heavy atom. The zero-order chi connectivity index (χ0) is 19.2. The summed E-state index contributed by atoms with van der Waals surface area (Å²) in [4.78, 5) is 23.9. The van der Waals surface area contributed by atoms with Gasteiger partial charge >= 0.3 is 0 Å². The molecule has 0 saturated carbocycles. The molecule has 27 heavy (non-hydrogen) atoms. The SMILES string of the molecule is C=CCN(Cc1ccc(N2CCN(C)CC2)nc1)C(=O)c1ccc(C)cc1. The summed E-state index contributed by atoms with van der Waals surface area (Å²) in [7, 11) is 2.15. The molecule has 1 amide bonds. The molecule has 0 aliphatic carbocycles. The first-order valence-corrected chi connectivity index (χ1v) is 9.42. The molecule has 0 radical (unpaired) electrons. The van der Waals surface area contributed by atoms with Crippen molar-refractivity contribution in [3.05, 3.63) is 71.9 Å². The second kappa shape index (κ2) is 8.82. The fourth-order valence-corrected chi connectivity index (χ4v) is 3.21. The molecule has 0 atom stereocenters. The Hall–Kier alpha value is -2.66. The highest BCUT2D eigenvalue weighted by Crippen LogP contribution is 2.16. The Morgan fingerprint density at radius 3 is 2.44 bits per heavy atom. The minimum atomic E-state index is 0.0121. The van der Waals surface area contributed by atoms with Gasteiger partial charge in [0, 0.05) is 51.0 Å². The number of aryl methyl sites for hydroxylation is 1. The molecule has 1 aromatic carbocycles. The fourth-order valence-electron chi connectivity index (χ4n) is 3.21. The molecule has 142 valence electrons. The smallest absolute Gasteiger partial charge is 0.254 e. The van der Waals surface area contributed by atoms with Crippen LogP contribution in [0, 0.1) is 6.92 Å². The van der Waals surface area contributed by atoms with Crippen molar-refractivity contribution in [2.45, 2.75) is 13.5 Å². The Kier molecular flexibility index (Phi) is 6.24. The van der Waals surface area contributed by atoms with Gasteiger partial charge in [0.1, 0.15) is 5.82 Å². The van der Waals surface area contributed by atoms with E-state index < -0.39 is 0 Å². The Bertz CT molecular complexity index is 762. The molecule has 1 fully saturated rings. The molecule has 1 aliphatic rings. The average Bonchev–Trinajstić information content (AvgIpc) is 2.69. The van der Waals surface area contributed by atoms with Crippen LogP contribution in [0.5, 0.6) is 0 Å². The van der Waals surface area contributed by atoms with E-state index in [4.69, 9.17) is 0 Å². The lowest BCUT2D eigenvalue weighted by molar-refractivity contribution is 0.0762. The van der Waals surface area contributed by atoms with Gasteiger partial charge in [0.2, 0.25) is 0 Å². The van der Waals surface area contributed by atoms with Crippen LogP contribution in [0.4, 0.5) is 5.82 Å². The predicted octanol–water partition coefficient (Wildman–Crippen LogP) is 2.97. The van der Waals surface area contributed by atoms with Crippen molar-refractivity contribution in [3.63, 3.8) is 0 Å². The molecule has 0 bridgehead atoms. The van der Waals surface area contributed by atoms with Gasteiger partial charge in [-0.1, -0.05) is 29.8 Å². The minimum absolute atomic E-state index is 0.0121. The highest BCUT2D eigenvalue weighted by atomic mass is 16.2. The second-order valence-electron chi connectivity index (χ2n) is 7.16. The van der Waals surface area contributed by atoms with E-state index in [0.29, 0.717) is 18.7 Å². The molecule has 0 N–H and O–H groups in total. The molecule has 1 aliphatic heterocycles. The zero-order valence-electron chi connectivity index (χ0n) is 16.3. The molecule has 1 aromatic heterocycles. The van der Waals surface area contributed by atoms with Crippen LogP contribution in [-0.4, -0.2) is 60.5 Å². The maximum Gasteiger partial charge on any atom is 0.254 e. The Labute approximate surface area is 161 Å². The van der Waals surface area contributed by atoms with Crippen molar-refractivity contribution in [2.75, 3.05) is 44.7 Å². The first-order valence-electron chi connectivity index (χ1n) is 9.42. The molecule has 0 spiro atoms. The van der Waals surface area contributed by atoms with E-state index in [-0.39, 0.29) is 5.91 Å². The lowest BCUT2D eigenvalue weighted by atomic mass is 10.1. The minimum Gasteiger partial charge on any atom is -0.354 e. The van der Waals surface area contributed by atoms with Gasteiger partial charge in [-0.25, -0.2) is 4.98 Å². The molecule has 5 heteroatoms. The number of anilines is 1. The van der Waals surface area contributed by atoms with E-state index in [1.165, 1.54) is 0 Å². The number of carbonyl (C=O) groups is 1. The predicted molar refractivity (Wildman–Crippen MR) is 110 cm³/mol. The van der Waals surface area contributed by atoms with Crippen LogP contribution in [-0.2, 0) is 6.54 Å². The second-order valence-corrected chi connectivity index (χ2v) is 7.16. The number of likely N-dealkylation sites (N-methyl/N-ethyl adjacent to an activating group) is 1. The molecule has 1 saturated heterocycles. The number of hydrogen-bond donors (Lipinski definition) is 0. The van der Waals surface area contributed by atoms with Crippen LogP contribution < -0.4 is 4.90 Å². The average molecular weight is 364 g/mol. The topological polar surface area (TPSA) is 39.7 Å². The largest absolute Gasteiger partial charge is 0.354 e. The van der Waals surface area contributed by atoms with Gasteiger partial charge in [-0.3, -0.25) is 4.79 Å². The highest BCUT2D eigenvalue weighted by molar-refractivity contribution is 5.94.